The molecule has 1 aromatic heterocycles. The molecule has 0 aliphatic carbocycles. The Balaban J connectivity index is 0.000000155. The van der Waals surface area contributed by atoms with E-state index in [9.17, 15) is 4.79 Å². The number of halogens is 3. The van der Waals surface area contributed by atoms with Crippen LogP contribution >= 0.6 is 34.8 Å². The molecule has 0 unspecified atom stereocenters. The number of aromatic nitrogens is 3. The fourth-order valence-corrected chi connectivity index (χ4v) is 5.71. The Labute approximate surface area is 264 Å². The molecule has 7 nitrogen and oxygen atoms in total. The van der Waals surface area contributed by atoms with Gasteiger partial charge in [-0.05, 0) is 49.4 Å². The van der Waals surface area contributed by atoms with Crippen LogP contribution in [0.1, 0.15) is 33.9 Å². The molecule has 43 heavy (non-hydrogen) atoms. The molecule has 2 aliphatic heterocycles. The first-order valence-corrected chi connectivity index (χ1v) is 14.6. The molecule has 2 aliphatic rings. The fourth-order valence-electron chi connectivity index (χ4n) is 5.14. The quantitative estimate of drug-likeness (QED) is 0.205. The summed E-state index contributed by atoms with van der Waals surface area (Å²) in [5.74, 6) is 1.59. The van der Waals surface area contributed by atoms with Gasteiger partial charge in [-0.25, -0.2) is 0 Å². The zero-order valence-corrected chi connectivity index (χ0v) is 25.6. The molecule has 214 valence electrons. The Hall–Kier alpha value is -4.30. The molecule has 1 amide bonds. The van der Waals surface area contributed by atoms with E-state index in [-0.39, 0.29) is 12.5 Å². The Morgan fingerprint density at radius 3 is 2.02 bits per heavy atom. The van der Waals surface area contributed by atoms with Gasteiger partial charge in [0.15, 0.2) is 5.82 Å². The summed E-state index contributed by atoms with van der Waals surface area (Å²) in [6, 6.07) is 28.8. The Morgan fingerprint density at radius 1 is 0.674 bits per heavy atom. The van der Waals surface area contributed by atoms with Crippen molar-refractivity contribution in [3.8, 4) is 5.69 Å². The second kappa shape index (κ2) is 12.1. The van der Waals surface area contributed by atoms with Crippen molar-refractivity contribution >= 4 is 57.8 Å². The molecule has 7 rings (SSSR count). The predicted molar refractivity (Wildman–Crippen MR) is 174 cm³/mol. The van der Waals surface area contributed by atoms with Gasteiger partial charge >= 0.3 is 0 Å². The molecule has 0 N–H and O–H groups in total. The zero-order chi connectivity index (χ0) is 30.1. The summed E-state index contributed by atoms with van der Waals surface area (Å²) in [4.78, 5) is 22.9. The molecule has 0 saturated carbocycles. The highest BCUT2D eigenvalue weighted by Crippen LogP contribution is 2.31. The predicted octanol–water partition coefficient (Wildman–Crippen LogP) is 7.39. The lowest BCUT2D eigenvalue weighted by Crippen LogP contribution is -2.27. The van der Waals surface area contributed by atoms with Crippen LogP contribution in [0.5, 0.6) is 0 Å². The topological polar surface area (TPSA) is 75.7 Å². The van der Waals surface area contributed by atoms with Crippen LogP contribution in [0.25, 0.3) is 5.69 Å². The number of carbonyl (C=O) groups excluding carboxylic acids is 1. The lowest BCUT2D eigenvalue weighted by atomic mass is 10.0. The van der Waals surface area contributed by atoms with Crippen LogP contribution in [-0.4, -0.2) is 45.7 Å². The van der Waals surface area contributed by atoms with Crippen LogP contribution in [0.15, 0.2) is 101 Å². The summed E-state index contributed by atoms with van der Waals surface area (Å²) in [6.07, 6.45) is 0. The first-order chi connectivity index (χ1) is 20.8. The van der Waals surface area contributed by atoms with Gasteiger partial charge in [-0.2, -0.15) is 0 Å². The minimum absolute atomic E-state index is 0.0282. The summed E-state index contributed by atoms with van der Waals surface area (Å²) >= 11 is 18.7. The van der Waals surface area contributed by atoms with Gasteiger partial charge in [0.2, 0.25) is 5.91 Å². The number of rotatable bonds is 2. The van der Waals surface area contributed by atoms with E-state index >= 15 is 0 Å². The van der Waals surface area contributed by atoms with E-state index in [2.05, 4.69) is 15.2 Å². The molecule has 4 aromatic carbocycles. The number of hydrogen-bond donors (Lipinski definition) is 0. The summed E-state index contributed by atoms with van der Waals surface area (Å²) in [5, 5.41) is 10.3. The van der Waals surface area contributed by atoms with E-state index in [1.165, 1.54) is 0 Å². The van der Waals surface area contributed by atoms with Gasteiger partial charge in [-0.1, -0.05) is 83.3 Å². The number of likely N-dealkylation sites (N-methyl/N-ethyl adjacent to an activating group) is 1. The van der Waals surface area contributed by atoms with E-state index in [4.69, 9.17) is 39.8 Å². The number of fused-ring (bicyclic) bond motifs is 4. The molecule has 0 atom stereocenters. The number of aryl methyl sites for hydroxylation is 1. The van der Waals surface area contributed by atoms with Gasteiger partial charge in [-0.3, -0.25) is 19.3 Å². The zero-order valence-electron chi connectivity index (χ0n) is 23.3. The van der Waals surface area contributed by atoms with Crippen LogP contribution < -0.4 is 4.90 Å². The van der Waals surface area contributed by atoms with Crippen molar-refractivity contribution in [2.75, 3.05) is 18.5 Å². The van der Waals surface area contributed by atoms with Crippen molar-refractivity contribution in [3.63, 3.8) is 0 Å². The molecular formula is C33H25Cl3N6O. The van der Waals surface area contributed by atoms with Crippen molar-refractivity contribution < 1.29 is 4.79 Å². The van der Waals surface area contributed by atoms with Crippen LogP contribution in [0.2, 0.25) is 15.1 Å². The average molecular weight is 628 g/mol. The molecular weight excluding hydrogens is 603 g/mol. The first-order valence-electron chi connectivity index (χ1n) is 13.5. The number of nitrogens with zero attached hydrogens (tertiary/aromatic N) is 6. The third-order valence-electron chi connectivity index (χ3n) is 7.22. The fraction of sp³-hybridized carbons (Fsp3) is 0.121. The number of benzodiazepines with no additional fused rings is 1. The third kappa shape index (κ3) is 5.71. The van der Waals surface area contributed by atoms with Gasteiger partial charge in [0.05, 0.1) is 22.8 Å². The van der Waals surface area contributed by atoms with E-state index in [0.29, 0.717) is 21.6 Å². The van der Waals surface area contributed by atoms with E-state index in [0.717, 1.165) is 56.7 Å². The molecule has 3 heterocycles. The number of anilines is 1. The number of benzene rings is 4. The van der Waals surface area contributed by atoms with Crippen LogP contribution in [0, 0.1) is 6.92 Å². The van der Waals surface area contributed by atoms with Gasteiger partial charge in [0, 0.05) is 44.4 Å². The van der Waals surface area contributed by atoms with Crippen LogP contribution in [-0.2, 0) is 11.3 Å². The summed E-state index contributed by atoms with van der Waals surface area (Å²) < 4.78 is 2.01. The second-order valence-electron chi connectivity index (χ2n) is 9.95. The molecule has 0 fully saturated rings. The Morgan fingerprint density at radius 2 is 1.30 bits per heavy atom. The highest BCUT2D eigenvalue weighted by molar-refractivity contribution is 6.36. The normalized spacial score (nSPS) is 13.8. The SMILES string of the molecule is CN1C(=O)CN=C(c2ccccc2)c2cc(Cl)ccc21.Cc1nnc2n1-c1ccc(Cl)cc1C(c1ccccc1Cl)=NC2. The molecule has 10 heteroatoms. The second-order valence-corrected chi connectivity index (χ2v) is 11.2. The number of aliphatic imine (C=N–C) groups is 2. The molecule has 0 saturated heterocycles. The van der Waals surface area contributed by atoms with Gasteiger partial charge in [0.1, 0.15) is 18.9 Å². The van der Waals surface area contributed by atoms with Crippen molar-refractivity contribution in [3.05, 3.63) is 140 Å². The largest absolute Gasteiger partial charge is 0.313 e. The van der Waals surface area contributed by atoms with Gasteiger partial charge in [0.25, 0.3) is 0 Å². The number of carbonyl (C=O) groups is 1. The maximum absolute atomic E-state index is 12.0. The van der Waals surface area contributed by atoms with Crippen molar-refractivity contribution in [2.45, 2.75) is 13.5 Å². The lowest BCUT2D eigenvalue weighted by Gasteiger charge is -2.18. The first kappa shape index (κ1) is 28.8. The maximum atomic E-state index is 12.0. The number of hydrogen-bond acceptors (Lipinski definition) is 5. The van der Waals surface area contributed by atoms with Crippen LogP contribution in [0.3, 0.4) is 0 Å². The smallest absolute Gasteiger partial charge is 0.248 e. The van der Waals surface area contributed by atoms with E-state index < -0.39 is 0 Å². The molecule has 0 bridgehead atoms. The number of amides is 1. The summed E-state index contributed by atoms with van der Waals surface area (Å²) in [7, 11) is 1.76. The van der Waals surface area contributed by atoms with E-state index in [1.807, 2.05) is 96.4 Å². The Kier molecular flexibility index (Phi) is 8.13. The molecule has 0 radical (unpaired) electrons. The minimum atomic E-state index is -0.0282. The van der Waals surface area contributed by atoms with Crippen molar-refractivity contribution in [2.24, 2.45) is 9.98 Å². The standard InChI is InChI=1S/C17H12Cl2N4.C16H13ClN2O/c1-10-21-22-16-9-20-17(12-4-2-3-5-14(12)19)13-8-11(18)6-7-15(13)23(10)16;1-19-14-8-7-12(17)9-13(14)16(18-10-15(19)20)11-5-3-2-4-6-11/h2-8H,9H2,1H3;2-9H,10H2,1H3. The van der Waals surface area contributed by atoms with Gasteiger partial charge in [-0.15, -0.1) is 10.2 Å². The highest BCUT2D eigenvalue weighted by Gasteiger charge is 2.24. The summed E-state index contributed by atoms with van der Waals surface area (Å²) in [6.45, 7) is 2.51. The minimum Gasteiger partial charge on any atom is -0.313 e. The average Bonchev–Trinajstić information content (AvgIpc) is 3.23. The highest BCUT2D eigenvalue weighted by atomic mass is 35.5. The third-order valence-corrected chi connectivity index (χ3v) is 8.02. The molecule has 0 spiro atoms. The lowest BCUT2D eigenvalue weighted by molar-refractivity contribution is -0.116. The monoisotopic (exact) mass is 626 g/mol. The Bertz CT molecular complexity index is 1920. The van der Waals surface area contributed by atoms with Crippen molar-refractivity contribution in [1.82, 2.24) is 14.8 Å². The van der Waals surface area contributed by atoms with Crippen molar-refractivity contribution in [1.29, 1.82) is 0 Å². The van der Waals surface area contributed by atoms with Crippen LogP contribution in [0.4, 0.5) is 5.69 Å². The van der Waals surface area contributed by atoms with Gasteiger partial charge < -0.3 is 4.90 Å². The maximum Gasteiger partial charge on any atom is 0.248 e. The van der Waals surface area contributed by atoms with E-state index in [1.54, 1.807) is 18.0 Å². The summed E-state index contributed by atoms with van der Waals surface area (Å²) in [5.41, 5.74) is 7.10. The molecule has 5 aromatic rings.